The third-order valence-corrected chi connectivity index (χ3v) is 4.28. The average Bonchev–Trinajstić information content (AvgIpc) is 2.92. The van der Waals surface area contributed by atoms with E-state index in [9.17, 15) is 4.79 Å². The molecule has 1 aromatic carbocycles. The fourth-order valence-electron chi connectivity index (χ4n) is 2.78. The molecule has 6 heteroatoms. The number of nitrogens with two attached hydrogens (primary N) is 1. The van der Waals surface area contributed by atoms with Gasteiger partial charge in [0, 0.05) is 18.6 Å². The Labute approximate surface area is 135 Å². The number of amides is 1. The lowest BCUT2D eigenvalue weighted by molar-refractivity contribution is -0.128. The molecule has 0 bridgehead atoms. The van der Waals surface area contributed by atoms with Gasteiger partial charge in [-0.25, -0.2) is 4.99 Å². The van der Waals surface area contributed by atoms with E-state index in [1.807, 2.05) is 49.0 Å². The summed E-state index contributed by atoms with van der Waals surface area (Å²) in [6.45, 7) is 4.66. The minimum atomic E-state index is -0.644. The van der Waals surface area contributed by atoms with Crippen LogP contribution in [0.2, 0.25) is 0 Å². The van der Waals surface area contributed by atoms with E-state index in [4.69, 9.17) is 5.73 Å². The number of benzene rings is 1. The van der Waals surface area contributed by atoms with E-state index >= 15 is 0 Å². The SMILES string of the molecule is CC=CCn1cc2ccc([C@]3(C)CC(=O)N(C)C(N)=N3)cc2n1. The highest BCUT2D eigenvalue weighted by atomic mass is 16.2. The third kappa shape index (κ3) is 2.72. The summed E-state index contributed by atoms with van der Waals surface area (Å²) in [6.07, 6.45) is 6.36. The summed E-state index contributed by atoms with van der Waals surface area (Å²) in [7, 11) is 1.65. The maximum Gasteiger partial charge on any atom is 0.231 e. The molecule has 3 rings (SSSR count). The van der Waals surface area contributed by atoms with Gasteiger partial charge in [0.05, 0.1) is 24.0 Å². The fourth-order valence-corrected chi connectivity index (χ4v) is 2.78. The zero-order valence-corrected chi connectivity index (χ0v) is 13.7. The highest BCUT2D eigenvalue weighted by molar-refractivity contribution is 5.98. The zero-order chi connectivity index (χ0) is 16.6. The maximum absolute atomic E-state index is 12.1. The molecular formula is C17H21N5O. The molecule has 1 aliphatic heterocycles. The molecule has 2 N–H and O–H groups in total. The van der Waals surface area contributed by atoms with Crippen molar-refractivity contribution >= 4 is 22.8 Å². The summed E-state index contributed by atoms with van der Waals surface area (Å²) in [5.74, 6) is 0.223. The van der Waals surface area contributed by atoms with Gasteiger partial charge < -0.3 is 5.73 Å². The van der Waals surface area contributed by atoms with Gasteiger partial charge in [0.15, 0.2) is 5.96 Å². The Kier molecular flexibility index (Phi) is 3.67. The van der Waals surface area contributed by atoms with Crippen molar-refractivity contribution in [1.29, 1.82) is 0 Å². The van der Waals surface area contributed by atoms with E-state index in [1.54, 1.807) is 7.05 Å². The maximum atomic E-state index is 12.1. The second-order valence-corrected chi connectivity index (χ2v) is 6.07. The first-order valence-electron chi connectivity index (χ1n) is 7.64. The van der Waals surface area contributed by atoms with Crippen LogP contribution in [-0.2, 0) is 16.9 Å². The summed E-state index contributed by atoms with van der Waals surface area (Å²) in [4.78, 5) is 18.0. The van der Waals surface area contributed by atoms with Gasteiger partial charge in [0.1, 0.15) is 0 Å². The van der Waals surface area contributed by atoms with Gasteiger partial charge in [0.25, 0.3) is 0 Å². The Balaban J connectivity index is 2.01. The quantitative estimate of drug-likeness (QED) is 0.881. The van der Waals surface area contributed by atoms with E-state index in [0.717, 1.165) is 23.0 Å². The van der Waals surface area contributed by atoms with Crippen molar-refractivity contribution in [3.63, 3.8) is 0 Å². The Morgan fingerprint density at radius 1 is 1.43 bits per heavy atom. The van der Waals surface area contributed by atoms with Crippen LogP contribution in [0.5, 0.6) is 0 Å². The number of aliphatic imine (C=N–C) groups is 1. The molecule has 23 heavy (non-hydrogen) atoms. The summed E-state index contributed by atoms with van der Waals surface area (Å²) < 4.78 is 1.90. The number of hydrogen-bond acceptors (Lipinski definition) is 4. The van der Waals surface area contributed by atoms with Crippen LogP contribution in [0.1, 0.15) is 25.8 Å². The molecule has 6 nitrogen and oxygen atoms in total. The van der Waals surface area contributed by atoms with Crippen LogP contribution in [-0.4, -0.2) is 33.6 Å². The van der Waals surface area contributed by atoms with Gasteiger partial charge in [-0.05, 0) is 25.5 Å². The van der Waals surface area contributed by atoms with Crippen LogP contribution >= 0.6 is 0 Å². The van der Waals surface area contributed by atoms with Crippen molar-refractivity contribution in [3.8, 4) is 0 Å². The van der Waals surface area contributed by atoms with Crippen molar-refractivity contribution < 1.29 is 4.79 Å². The first-order valence-corrected chi connectivity index (χ1v) is 7.64. The Morgan fingerprint density at radius 2 is 2.22 bits per heavy atom. The van der Waals surface area contributed by atoms with Crippen LogP contribution in [0.25, 0.3) is 10.9 Å². The molecule has 1 aromatic heterocycles. The van der Waals surface area contributed by atoms with Crippen LogP contribution in [0.3, 0.4) is 0 Å². The minimum Gasteiger partial charge on any atom is -0.369 e. The number of guanidine groups is 1. The van der Waals surface area contributed by atoms with Gasteiger partial charge in [-0.3, -0.25) is 14.4 Å². The van der Waals surface area contributed by atoms with Crippen LogP contribution < -0.4 is 5.73 Å². The normalized spacial score (nSPS) is 22.1. The number of allylic oxidation sites excluding steroid dienone is 2. The van der Waals surface area contributed by atoms with Crippen molar-refractivity contribution in [2.75, 3.05) is 7.05 Å². The molecule has 1 atom stereocenters. The first-order chi connectivity index (χ1) is 10.9. The molecule has 0 radical (unpaired) electrons. The molecule has 0 saturated heterocycles. The van der Waals surface area contributed by atoms with Crippen molar-refractivity contribution in [1.82, 2.24) is 14.7 Å². The minimum absolute atomic E-state index is 0.0290. The Hall–Kier alpha value is -2.63. The number of rotatable bonds is 3. The summed E-state index contributed by atoms with van der Waals surface area (Å²) in [5, 5.41) is 5.65. The number of nitrogens with zero attached hydrogens (tertiary/aromatic N) is 4. The highest BCUT2D eigenvalue weighted by Crippen LogP contribution is 2.34. The topological polar surface area (TPSA) is 76.5 Å². The third-order valence-electron chi connectivity index (χ3n) is 4.28. The molecule has 1 aliphatic rings. The standard InChI is InChI=1S/C17H21N5O/c1-4-5-8-22-11-12-6-7-13(9-14(12)20-22)17(2)10-15(23)21(3)16(18)19-17/h4-7,9,11H,8,10H2,1-3H3,(H2,18,19)/t17-/m0/s1. The number of hydrogen-bond donors (Lipinski definition) is 1. The van der Waals surface area contributed by atoms with E-state index in [2.05, 4.69) is 16.2 Å². The molecule has 1 amide bonds. The molecule has 2 heterocycles. The van der Waals surface area contributed by atoms with Gasteiger partial charge in [0.2, 0.25) is 5.91 Å². The lowest BCUT2D eigenvalue weighted by Gasteiger charge is -2.33. The summed E-state index contributed by atoms with van der Waals surface area (Å²) >= 11 is 0. The van der Waals surface area contributed by atoms with Gasteiger partial charge in [-0.1, -0.05) is 24.3 Å². The molecule has 0 spiro atoms. The van der Waals surface area contributed by atoms with E-state index in [-0.39, 0.29) is 11.9 Å². The number of aromatic nitrogens is 2. The van der Waals surface area contributed by atoms with Crippen molar-refractivity contribution in [3.05, 3.63) is 42.1 Å². The van der Waals surface area contributed by atoms with Gasteiger partial charge >= 0.3 is 0 Å². The Morgan fingerprint density at radius 3 is 2.91 bits per heavy atom. The number of carbonyl (C=O) groups excluding carboxylic acids is 1. The number of carbonyl (C=O) groups is 1. The Bertz CT molecular complexity index is 819. The molecular weight excluding hydrogens is 290 g/mol. The zero-order valence-electron chi connectivity index (χ0n) is 13.7. The smallest absolute Gasteiger partial charge is 0.231 e. The fraction of sp³-hybridized carbons (Fsp3) is 0.353. The van der Waals surface area contributed by atoms with E-state index in [0.29, 0.717) is 6.42 Å². The summed E-state index contributed by atoms with van der Waals surface area (Å²) in [5.41, 5.74) is 7.08. The first kappa shape index (κ1) is 15.3. The molecule has 0 aliphatic carbocycles. The second kappa shape index (κ2) is 5.53. The van der Waals surface area contributed by atoms with E-state index < -0.39 is 5.54 Å². The van der Waals surface area contributed by atoms with Gasteiger partial charge in [-0.15, -0.1) is 0 Å². The molecule has 120 valence electrons. The predicted octanol–water partition coefficient (Wildman–Crippen LogP) is 2.00. The molecule has 0 saturated carbocycles. The number of fused-ring (bicyclic) bond motifs is 1. The van der Waals surface area contributed by atoms with Crippen molar-refractivity contribution in [2.24, 2.45) is 10.7 Å². The van der Waals surface area contributed by atoms with Crippen LogP contribution in [0, 0.1) is 0 Å². The average molecular weight is 311 g/mol. The highest BCUT2D eigenvalue weighted by Gasteiger charge is 2.36. The van der Waals surface area contributed by atoms with Crippen LogP contribution in [0.4, 0.5) is 0 Å². The van der Waals surface area contributed by atoms with Crippen molar-refractivity contribution in [2.45, 2.75) is 32.4 Å². The molecule has 0 unspecified atom stereocenters. The monoisotopic (exact) mass is 311 g/mol. The second-order valence-electron chi connectivity index (χ2n) is 6.07. The van der Waals surface area contributed by atoms with Gasteiger partial charge in [-0.2, -0.15) is 5.10 Å². The van der Waals surface area contributed by atoms with E-state index in [1.165, 1.54) is 4.90 Å². The summed E-state index contributed by atoms with van der Waals surface area (Å²) in [6, 6.07) is 6.01. The molecule has 0 fully saturated rings. The predicted molar refractivity (Wildman–Crippen MR) is 90.9 cm³/mol. The lowest BCUT2D eigenvalue weighted by Crippen LogP contribution is -2.47. The molecule has 2 aromatic rings. The lowest BCUT2D eigenvalue weighted by atomic mass is 9.87. The largest absolute Gasteiger partial charge is 0.369 e. The van der Waals surface area contributed by atoms with Crippen LogP contribution in [0.15, 0.2) is 41.5 Å².